The normalized spacial score (nSPS) is 11.8. The lowest BCUT2D eigenvalue weighted by atomic mass is 10.1. The minimum atomic E-state index is -0.336. The molecule has 144 valence electrons. The summed E-state index contributed by atoms with van der Waals surface area (Å²) in [5.74, 6) is -0.270. The van der Waals surface area contributed by atoms with Gasteiger partial charge >= 0.3 is 0 Å². The summed E-state index contributed by atoms with van der Waals surface area (Å²) in [6, 6.07) is 19.7. The topological polar surface area (TPSA) is 74.6 Å². The third kappa shape index (κ3) is 5.08. The van der Waals surface area contributed by atoms with Crippen LogP contribution in [0.25, 0.3) is 0 Å². The fourth-order valence-electron chi connectivity index (χ4n) is 2.83. The van der Waals surface area contributed by atoms with Crippen LogP contribution in [0.15, 0.2) is 77.4 Å². The zero-order valence-electron chi connectivity index (χ0n) is 15.9. The zero-order valence-corrected chi connectivity index (χ0v) is 15.9. The van der Waals surface area contributed by atoms with E-state index in [-0.39, 0.29) is 23.6 Å². The van der Waals surface area contributed by atoms with Gasteiger partial charge in [0.15, 0.2) is 5.76 Å². The first-order valence-corrected chi connectivity index (χ1v) is 8.98. The summed E-state index contributed by atoms with van der Waals surface area (Å²) in [7, 11) is 3.94. The number of nitrogens with one attached hydrogen (secondary N) is 2. The van der Waals surface area contributed by atoms with Crippen LogP contribution in [0.3, 0.4) is 0 Å². The smallest absolute Gasteiger partial charge is 0.291 e. The van der Waals surface area contributed by atoms with E-state index in [2.05, 4.69) is 10.6 Å². The highest BCUT2D eigenvalue weighted by molar-refractivity contribution is 6.02. The van der Waals surface area contributed by atoms with Crippen molar-refractivity contribution >= 4 is 17.5 Å². The molecule has 0 bridgehead atoms. The molecule has 0 fully saturated rings. The van der Waals surface area contributed by atoms with E-state index in [1.807, 2.05) is 49.3 Å². The van der Waals surface area contributed by atoms with Crippen LogP contribution >= 0.6 is 0 Å². The lowest BCUT2D eigenvalue weighted by Gasteiger charge is -2.23. The van der Waals surface area contributed by atoms with Crippen molar-refractivity contribution in [3.05, 3.63) is 89.9 Å². The van der Waals surface area contributed by atoms with Gasteiger partial charge in [0.1, 0.15) is 0 Å². The summed E-state index contributed by atoms with van der Waals surface area (Å²) < 4.78 is 5.07. The van der Waals surface area contributed by atoms with Gasteiger partial charge in [-0.1, -0.05) is 30.3 Å². The summed E-state index contributed by atoms with van der Waals surface area (Å²) in [6.45, 7) is 0.688. The Hall–Kier alpha value is -3.38. The average molecular weight is 377 g/mol. The van der Waals surface area contributed by atoms with Gasteiger partial charge in [-0.2, -0.15) is 0 Å². The Morgan fingerprint density at radius 1 is 0.929 bits per heavy atom. The van der Waals surface area contributed by atoms with Crippen molar-refractivity contribution < 1.29 is 14.0 Å². The summed E-state index contributed by atoms with van der Waals surface area (Å²) in [5, 5.41) is 5.81. The molecule has 28 heavy (non-hydrogen) atoms. The van der Waals surface area contributed by atoms with Crippen molar-refractivity contribution in [3.63, 3.8) is 0 Å². The van der Waals surface area contributed by atoms with Crippen molar-refractivity contribution in [2.45, 2.75) is 6.04 Å². The van der Waals surface area contributed by atoms with Gasteiger partial charge in [0.2, 0.25) is 0 Å². The van der Waals surface area contributed by atoms with Gasteiger partial charge in [-0.3, -0.25) is 9.59 Å². The molecule has 6 nitrogen and oxygen atoms in total. The van der Waals surface area contributed by atoms with Crippen LogP contribution in [0.4, 0.5) is 5.69 Å². The maximum absolute atomic E-state index is 12.7. The molecule has 6 heteroatoms. The van der Waals surface area contributed by atoms with Gasteiger partial charge in [0, 0.05) is 17.8 Å². The van der Waals surface area contributed by atoms with E-state index in [1.165, 1.54) is 6.26 Å². The van der Waals surface area contributed by atoms with Gasteiger partial charge in [-0.05, 0) is 56.1 Å². The fourth-order valence-corrected chi connectivity index (χ4v) is 2.83. The standard InChI is InChI=1S/C22H23N3O3/c1-25(2)15-19(16-7-4-3-5-8-16)24-21(26)17-10-12-18(13-11-17)23-22(27)20-9-6-14-28-20/h3-14,19H,15H2,1-2H3,(H,23,27)(H,24,26)/t19-/m0/s1. The highest BCUT2D eigenvalue weighted by Gasteiger charge is 2.17. The Morgan fingerprint density at radius 3 is 2.25 bits per heavy atom. The van der Waals surface area contributed by atoms with Crippen LogP contribution in [0.5, 0.6) is 0 Å². The maximum atomic E-state index is 12.7. The molecule has 0 saturated heterocycles. The molecule has 2 aromatic carbocycles. The highest BCUT2D eigenvalue weighted by Crippen LogP contribution is 2.16. The maximum Gasteiger partial charge on any atom is 0.291 e. The van der Waals surface area contributed by atoms with Crippen LogP contribution in [0.1, 0.15) is 32.5 Å². The molecule has 0 saturated carbocycles. The van der Waals surface area contributed by atoms with Crippen molar-refractivity contribution in [1.29, 1.82) is 0 Å². The summed E-state index contributed by atoms with van der Waals surface area (Å²) in [5.41, 5.74) is 2.16. The van der Waals surface area contributed by atoms with Crippen LogP contribution in [0.2, 0.25) is 0 Å². The number of anilines is 1. The molecule has 0 aliphatic heterocycles. The molecule has 0 spiro atoms. The predicted octanol–water partition coefficient (Wildman–Crippen LogP) is 3.56. The van der Waals surface area contributed by atoms with Crippen LogP contribution < -0.4 is 10.6 Å². The third-order valence-electron chi connectivity index (χ3n) is 4.20. The number of rotatable bonds is 7. The van der Waals surface area contributed by atoms with E-state index >= 15 is 0 Å². The number of hydrogen-bond donors (Lipinski definition) is 2. The molecular weight excluding hydrogens is 354 g/mol. The number of hydrogen-bond acceptors (Lipinski definition) is 4. The van der Waals surface area contributed by atoms with Gasteiger partial charge in [0.25, 0.3) is 11.8 Å². The number of nitrogens with zero attached hydrogens (tertiary/aromatic N) is 1. The molecule has 3 aromatic rings. The van der Waals surface area contributed by atoms with Crippen molar-refractivity contribution in [2.75, 3.05) is 26.0 Å². The Morgan fingerprint density at radius 2 is 1.64 bits per heavy atom. The second kappa shape index (κ2) is 9.01. The fraction of sp³-hybridized carbons (Fsp3) is 0.182. The Balaban J connectivity index is 1.66. The third-order valence-corrected chi connectivity index (χ3v) is 4.20. The molecule has 3 rings (SSSR count). The monoisotopic (exact) mass is 377 g/mol. The minimum Gasteiger partial charge on any atom is -0.459 e. The van der Waals surface area contributed by atoms with Gasteiger partial charge in [-0.15, -0.1) is 0 Å². The van der Waals surface area contributed by atoms with E-state index in [1.54, 1.807) is 36.4 Å². The molecule has 2 amide bonds. The van der Waals surface area contributed by atoms with E-state index in [9.17, 15) is 9.59 Å². The van der Waals surface area contributed by atoms with E-state index in [0.717, 1.165) is 5.56 Å². The number of likely N-dealkylation sites (N-methyl/N-ethyl adjacent to an activating group) is 1. The molecule has 0 aliphatic rings. The summed E-state index contributed by atoms with van der Waals surface area (Å²) >= 11 is 0. The minimum absolute atomic E-state index is 0.123. The summed E-state index contributed by atoms with van der Waals surface area (Å²) in [4.78, 5) is 26.7. The van der Waals surface area contributed by atoms with E-state index in [0.29, 0.717) is 17.8 Å². The number of carbonyl (C=O) groups excluding carboxylic acids is 2. The molecule has 1 aromatic heterocycles. The lowest BCUT2D eigenvalue weighted by molar-refractivity contribution is 0.0929. The number of carbonyl (C=O) groups is 2. The average Bonchev–Trinajstić information content (AvgIpc) is 3.23. The Labute approximate surface area is 164 Å². The molecule has 1 heterocycles. The van der Waals surface area contributed by atoms with Crippen LogP contribution in [-0.4, -0.2) is 37.4 Å². The largest absolute Gasteiger partial charge is 0.459 e. The summed E-state index contributed by atoms with van der Waals surface area (Å²) in [6.07, 6.45) is 1.44. The second-order valence-corrected chi connectivity index (χ2v) is 6.71. The lowest BCUT2D eigenvalue weighted by Crippen LogP contribution is -2.35. The first-order chi connectivity index (χ1) is 13.5. The highest BCUT2D eigenvalue weighted by atomic mass is 16.3. The van der Waals surface area contributed by atoms with Gasteiger partial charge < -0.3 is 20.0 Å². The molecule has 0 unspecified atom stereocenters. The quantitative estimate of drug-likeness (QED) is 0.660. The van der Waals surface area contributed by atoms with Crippen LogP contribution in [0, 0.1) is 0 Å². The molecular formula is C22H23N3O3. The Bertz CT molecular complexity index is 904. The van der Waals surface area contributed by atoms with Crippen molar-refractivity contribution in [1.82, 2.24) is 10.2 Å². The van der Waals surface area contributed by atoms with Gasteiger partial charge in [0.05, 0.1) is 12.3 Å². The number of amides is 2. The Kier molecular flexibility index (Phi) is 6.24. The van der Waals surface area contributed by atoms with Crippen LogP contribution in [-0.2, 0) is 0 Å². The molecule has 0 radical (unpaired) electrons. The molecule has 0 aliphatic carbocycles. The van der Waals surface area contributed by atoms with E-state index in [4.69, 9.17) is 4.42 Å². The SMILES string of the molecule is CN(C)C[C@H](NC(=O)c1ccc(NC(=O)c2ccco2)cc1)c1ccccc1. The predicted molar refractivity (Wildman–Crippen MR) is 108 cm³/mol. The molecule has 2 N–H and O–H groups in total. The zero-order chi connectivity index (χ0) is 19.9. The first-order valence-electron chi connectivity index (χ1n) is 8.98. The van der Waals surface area contributed by atoms with E-state index < -0.39 is 0 Å². The van der Waals surface area contributed by atoms with Crippen molar-refractivity contribution in [2.24, 2.45) is 0 Å². The number of furan rings is 1. The first kappa shape index (κ1) is 19.4. The second-order valence-electron chi connectivity index (χ2n) is 6.71. The van der Waals surface area contributed by atoms with Crippen molar-refractivity contribution in [3.8, 4) is 0 Å². The van der Waals surface area contributed by atoms with Gasteiger partial charge in [-0.25, -0.2) is 0 Å². The molecule has 1 atom stereocenters. The number of benzene rings is 2.